The van der Waals surface area contributed by atoms with E-state index < -0.39 is 42.1 Å². The molecule has 20 heavy (non-hydrogen) atoms. The molecule has 2 aliphatic heterocycles. The van der Waals surface area contributed by atoms with E-state index >= 15 is 0 Å². The topological polar surface area (TPSA) is 96.2 Å². The van der Waals surface area contributed by atoms with Crippen molar-refractivity contribution in [2.24, 2.45) is 0 Å². The fraction of sp³-hybridized carbons (Fsp3) is 0.500. The Kier molecular flexibility index (Phi) is 3.06. The summed E-state index contributed by atoms with van der Waals surface area (Å²) in [6, 6.07) is 8.31. The minimum Gasteiger partial charge on any atom is -0.454 e. The third-order valence-electron chi connectivity index (χ3n) is 4.01. The minimum absolute atomic E-state index is 0.341. The summed E-state index contributed by atoms with van der Waals surface area (Å²) >= 11 is 0. The maximum Gasteiger partial charge on any atom is 0.346 e. The van der Waals surface area contributed by atoms with Gasteiger partial charge in [0.1, 0.15) is 18.3 Å². The zero-order valence-corrected chi connectivity index (χ0v) is 10.8. The molecular formula is C14H16O6. The van der Waals surface area contributed by atoms with Crippen molar-refractivity contribution in [3.8, 4) is 0 Å². The Bertz CT molecular complexity index is 518. The number of benzene rings is 1. The lowest BCUT2D eigenvalue weighted by Crippen LogP contribution is -2.59. The zero-order chi connectivity index (χ0) is 14.5. The normalized spacial score (nSPS) is 44.0. The van der Waals surface area contributed by atoms with Crippen molar-refractivity contribution in [3.63, 3.8) is 0 Å². The number of hydrogen-bond acceptors (Lipinski definition) is 6. The second-order valence-corrected chi connectivity index (χ2v) is 5.25. The highest BCUT2D eigenvalue weighted by molar-refractivity contribution is 5.84. The summed E-state index contributed by atoms with van der Waals surface area (Å²) in [7, 11) is 0. The highest BCUT2D eigenvalue weighted by atomic mass is 16.6. The van der Waals surface area contributed by atoms with Crippen LogP contribution in [0.2, 0.25) is 0 Å². The van der Waals surface area contributed by atoms with Gasteiger partial charge in [0.2, 0.25) is 5.60 Å². The molecule has 2 fully saturated rings. The van der Waals surface area contributed by atoms with Crippen LogP contribution in [-0.2, 0) is 19.9 Å². The number of carbonyl (C=O) groups is 1. The molecule has 108 valence electrons. The van der Waals surface area contributed by atoms with E-state index in [-0.39, 0.29) is 0 Å². The van der Waals surface area contributed by atoms with Crippen molar-refractivity contribution in [3.05, 3.63) is 35.9 Å². The predicted molar refractivity (Wildman–Crippen MR) is 66.6 cm³/mol. The quantitative estimate of drug-likeness (QED) is 0.589. The van der Waals surface area contributed by atoms with Gasteiger partial charge in [0, 0.05) is 0 Å². The van der Waals surface area contributed by atoms with E-state index in [1.165, 1.54) is 0 Å². The van der Waals surface area contributed by atoms with Gasteiger partial charge in [0.15, 0.2) is 6.10 Å². The predicted octanol–water partition coefficient (Wildman–Crippen LogP) is -0.691. The first-order valence-corrected chi connectivity index (χ1v) is 6.47. The standard InChI is InChI=1S/C14H16O6/c1-7-9(15)10(16)11-12(19-7)14(18,13(17)20-11)8-5-3-2-4-6-8/h2-7,9-12,15-16,18H,1H3/t7-,9-,10-,11+,12+,14-/m1/s1. The van der Waals surface area contributed by atoms with Gasteiger partial charge in [-0.15, -0.1) is 0 Å². The van der Waals surface area contributed by atoms with Crippen molar-refractivity contribution >= 4 is 5.97 Å². The molecule has 0 saturated carbocycles. The van der Waals surface area contributed by atoms with E-state index in [9.17, 15) is 20.1 Å². The third kappa shape index (κ3) is 1.69. The van der Waals surface area contributed by atoms with Crippen molar-refractivity contribution in [2.75, 3.05) is 0 Å². The number of aliphatic hydroxyl groups excluding tert-OH is 2. The van der Waals surface area contributed by atoms with Gasteiger partial charge in [-0.3, -0.25) is 0 Å². The fourth-order valence-electron chi connectivity index (χ4n) is 2.81. The summed E-state index contributed by atoms with van der Waals surface area (Å²) in [5.74, 6) is -0.876. The Morgan fingerprint density at radius 1 is 1.15 bits per heavy atom. The van der Waals surface area contributed by atoms with E-state index in [4.69, 9.17) is 9.47 Å². The largest absolute Gasteiger partial charge is 0.454 e. The molecule has 3 rings (SSSR count). The van der Waals surface area contributed by atoms with E-state index in [0.717, 1.165) is 0 Å². The summed E-state index contributed by atoms with van der Waals surface area (Å²) in [6.07, 6.45) is -5.30. The monoisotopic (exact) mass is 280 g/mol. The average molecular weight is 280 g/mol. The van der Waals surface area contributed by atoms with Gasteiger partial charge in [0.05, 0.1) is 6.10 Å². The molecule has 1 aromatic carbocycles. The van der Waals surface area contributed by atoms with Crippen LogP contribution < -0.4 is 0 Å². The molecule has 0 spiro atoms. The zero-order valence-electron chi connectivity index (χ0n) is 10.8. The number of esters is 1. The highest BCUT2D eigenvalue weighted by Gasteiger charge is 2.64. The van der Waals surface area contributed by atoms with Crippen LogP contribution in [0.5, 0.6) is 0 Å². The molecular weight excluding hydrogens is 264 g/mol. The van der Waals surface area contributed by atoms with E-state index in [1.54, 1.807) is 37.3 Å². The summed E-state index contributed by atoms with van der Waals surface area (Å²) in [5, 5.41) is 30.5. The summed E-state index contributed by atoms with van der Waals surface area (Å²) < 4.78 is 10.6. The lowest BCUT2D eigenvalue weighted by Gasteiger charge is -2.39. The van der Waals surface area contributed by atoms with Gasteiger partial charge in [-0.25, -0.2) is 4.79 Å². The van der Waals surface area contributed by atoms with Gasteiger partial charge < -0.3 is 24.8 Å². The molecule has 2 saturated heterocycles. The molecule has 1 aromatic rings. The van der Waals surface area contributed by atoms with Gasteiger partial charge >= 0.3 is 5.97 Å². The number of aliphatic hydroxyl groups is 3. The highest BCUT2D eigenvalue weighted by Crippen LogP contribution is 2.42. The maximum absolute atomic E-state index is 12.1. The van der Waals surface area contributed by atoms with Gasteiger partial charge in [-0.1, -0.05) is 30.3 Å². The van der Waals surface area contributed by atoms with Crippen molar-refractivity contribution in [1.29, 1.82) is 0 Å². The van der Waals surface area contributed by atoms with Crippen LogP contribution >= 0.6 is 0 Å². The molecule has 2 aliphatic rings. The van der Waals surface area contributed by atoms with E-state index in [0.29, 0.717) is 5.56 Å². The number of fused-ring (bicyclic) bond motifs is 1. The molecule has 6 atom stereocenters. The molecule has 0 aromatic heterocycles. The molecule has 0 unspecified atom stereocenters. The summed E-state index contributed by atoms with van der Waals surface area (Å²) in [5.41, 5.74) is -1.63. The Morgan fingerprint density at radius 2 is 1.80 bits per heavy atom. The first-order chi connectivity index (χ1) is 9.46. The second-order valence-electron chi connectivity index (χ2n) is 5.25. The summed E-state index contributed by atoms with van der Waals surface area (Å²) in [4.78, 5) is 12.1. The van der Waals surface area contributed by atoms with Gasteiger partial charge in [-0.05, 0) is 12.5 Å². The maximum atomic E-state index is 12.1. The van der Waals surface area contributed by atoms with Gasteiger partial charge in [0.25, 0.3) is 0 Å². The molecule has 2 heterocycles. The Labute approximate surface area is 115 Å². The molecule has 0 radical (unpaired) electrons. The molecule has 0 bridgehead atoms. The number of carbonyl (C=O) groups excluding carboxylic acids is 1. The first-order valence-electron chi connectivity index (χ1n) is 6.47. The van der Waals surface area contributed by atoms with E-state index in [1.807, 2.05) is 0 Å². The van der Waals surface area contributed by atoms with Crippen LogP contribution in [0.3, 0.4) is 0 Å². The van der Waals surface area contributed by atoms with Crippen molar-refractivity contribution in [1.82, 2.24) is 0 Å². The molecule has 0 amide bonds. The number of hydrogen-bond donors (Lipinski definition) is 3. The fourth-order valence-corrected chi connectivity index (χ4v) is 2.81. The lowest BCUT2D eigenvalue weighted by molar-refractivity contribution is -0.223. The average Bonchev–Trinajstić information content (AvgIpc) is 2.71. The van der Waals surface area contributed by atoms with Crippen molar-refractivity contribution in [2.45, 2.75) is 43.0 Å². The van der Waals surface area contributed by atoms with Crippen LogP contribution in [0.25, 0.3) is 0 Å². The van der Waals surface area contributed by atoms with E-state index in [2.05, 4.69) is 0 Å². The van der Waals surface area contributed by atoms with Crippen molar-refractivity contribution < 1.29 is 29.6 Å². The van der Waals surface area contributed by atoms with Crippen LogP contribution in [-0.4, -0.2) is 51.8 Å². The number of ether oxygens (including phenoxy) is 2. The molecule has 6 nitrogen and oxygen atoms in total. The van der Waals surface area contributed by atoms with Crippen LogP contribution in [0, 0.1) is 0 Å². The Hall–Kier alpha value is -1.47. The summed E-state index contributed by atoms with van der Waals surface area (Å²) in [6.45, 7) is 1.57. The van der Waals surface area contributed by atoms with Crippen LogP contribution in [0.15, 0.2) is 30.3 Å². The molecule has 3 N–H and O–H groups in total. The van der Waals surface area contributed by atoms with Crippen LogP contribution in [0.4, 0.5) is 0 Å². The minimum atomic E-state index is -1.97. The Balaban J connectivity index is 2.03. The lowest BCUT2D eigenvalue weighted by atomic mass is 9.83. The third-order valence-corrected chi connectivity index (χ3v) is 4.01. The molecule has 6 heteroatoms. The Morgan fingerprint density at radius 3 is 2.45 bits per heavy atom. The van der Waals surface area contributed by atoms with Crippen LogP contribution in [0.1, 0.15) is 12.5 Å². The smallest absolute Gasteiger partial charge is 0.346 e. The molecule has 0 aliphatic carbocycles. The second kappa shape index (κ2) is 4.53. The van der Waals surface area contributed by atoms with Gasteiger partial charge in [-0.2, -0.15) is 0 Å². The first kappa shape index (κ1) is 13.5. The number of rotatable bonds is 1. The SMILES string of the molecule is C[C@H]1O[C@H]2[C@@H](OC(=O)[C@@]2(O)c2ccccc2)[C@H](O)[C@@H]1O.